The molecule has 0 saturated heterocycles. The van der Waals surface area contributed by atoms with Gasteiger partial charge in [0.25, 0.3) is 0 Å². The third-order valence-corrected chi connectivity index (χ3v) is 1.50. The summed E-state index contributed by atoms with van der Waals surface area (Å²) in [4.78, 5) is 20.7. The van der Waals surface area contributed by atoms with Gasteiger partial charge in [-0.15, -0.1) is 11.8 Å². The van der Waals surface area contributed by atoms with Crippen molar-refractivity contribution < 1.29 is 14.7 Å². The maximum absolute atomic E-state index is 10.4. The standard InChI is InChI=1S/C6H8O3S/c1-4(7)3-5(10-2)6(8)9/h3H,1-2H3,(H,8,9). The summed E-state index contributed by atoms with van der Waals surface area (Å²) < 4.78 is 0. The van der Waals surface area contributed by atoms with Crippen molar-refractivity contribution in [2.24, 2.45) is 0 Å². The molecule has 0 saturated carbocycles. The van der Waals surface area contributed by atoms with Crippen LogP contribution in [0.25, 0.3) is 0 Å². The molecular formula is C6H8O3S. The van der Waals surface area contributed by atoms with Gasteiger partial charge in [-0.1, -0.05) is 0 Å². The molecule has 0 unspecified atom stereocenters. The van der Waals surface area contributed by atoms with E-state index >= 15 is 0 Å². The number of ketones is 1. The number of thioether (sulfide) groups is 1. The van der Waals surface area contributed by atoms with Gasteiger partial charge in [0, 0.05) is 6.08 Å². The van der Waals surface area contributed by atoms with Gasteiger partial charge in [0.1, 0.15) is 0 Å². The molecule has 0 aromatic heterocycles. The SMILES string of the molecule is CSC(=CC(C)=O)C(=O)O. The van der Waals surface area contributed by atoms with Crippen LogP contribution in [0.2, 0.25) is 0 Å². The second-order valence-electron chi connectivity index (χ2n) is 1.63. The zero-order valence-corrected chi connectivity index (χ0v) is 6.57. The highest BCUT2D eigenvalue weighted by atomic mass is 32.2. The predicted octanol–water partition coefficient (Wildman–Crippen LogP) is 0.907. The Morgan fingerprint density at radius 1 is 1.50 bits per heavy atom. The second kappa shape index (κ2) is 4.11. The summed E-state index contributed by atoms with van der Waals surface area (Å²) in [6, 6.07) is 0. The first-order chi connectivity index (χ1) is 4.57. The number of aliphatic carboxylic acids is 1. The van der Waals surface area contributed by atoms with Gasteiger partial charge in [0.05, 0.1) is 4.91 Å². The van der Waals surface area contributed by atoms with E-state index in [9.17, 15) is 9.59 Å². The number of allylic oxidation sites excluding steroid dienone is 1. The Labute approximate surface area is 63.1 Å². The lowest BCUT2D eigenvalue weighted by atomic mass is 10.4. The van der Waals surface area contributed by atoms with Gasteiger partial charge in [0.2, 0.25) is 0 Å². The molecule has 56 valence electrons. The monoisotopic (exact) mass is 160 g/mol. The highest BCUT2D eigenvalue weighted by Crippen LogP contribution is 2.10. The molecule has 0 amide bonds. The second-order valence-corrected chi connectivity index (χ2v) is 2.48. The summed E-state index contributed by atoms with van der Waals surface area (Å²) in [5, 5.41) is 8.38. The Kier molecular flexibility index (Phi) is 3.79. The van der Waals surface area contributed by atoms with Crippen molar-refractivity contribution in [2.45, 2.75) is 6.92 Å². The van der Waals surface area contributed by atoms with Crippen molar-refractivity contribution >= 4 is 23.5 Å². The van der Waals surface area contributed by atoms with Crippen molar-refractivity contribution in [2.75, 3.05) is 6.26 Å². The van der Waals surface area contributed by atoms with E-state index in [4.69, 9.17) is 5.11 Å². The molecule has 0 spiro atoms. The quantitative estimate of drug-likeness (QED) is 0.623. The van der Waals surface area contributed by atoms with Crippen LogP contribution in [0.15, 0.2) is 11.0 Å². The topological polar surface area (TPSA) is 54.4 Å². The Hall–Kier alpha value is -0.770. The Balaban J connectivity index is 4.34. The molecule has 0 aromatic carbocycles. The number of hydrogen-bond donors (Lipinski definition) is 1. The van der Waals surface area contributed by atoms with Crippen molar-refractivity contribution in [3.8, 4) is 0 Å². The molecule has 0 rings (SSSR count). The number of carboxylic acids is 1. The van der Waals surface area contributed by atoms with E-state index < -0.39 is 5.97 Å². The van der Waals surface area contributed by atoms with Crippen molar-refractivity contribution in [3.05, 3.63) is 11.0 Å². The van der Waals surface area contributed by atoms with Crippen LogP contribution < -0.4 is 0 Å². The van der Waals surface area contributed by atoms with Crippen molar-refractivity contribution in [1.29, 1.82) is 0 Å². The lowest BCUT2D eigenvalue weighted by Gasteiger charge is -1.92. The third kappa shape index (κ3) is 3.29. The first kappa shape index (κ1) is 9.23. The molecule has 4 heteroatoms. The number of hydrogen-bond acceptors (Lipinski definition) is 3. The smallest absolute Gasteiger partial charge is 0.342 e. The molecule has 0 aliphatic carbocycles. The van der Waals surface area contributed by atoms with Crippen molar-refractivity contribution in [1.82, 2.24) is 0 Å². The minimum Gasteiger partial charge on any atom is -0.477 e. The van der Waals surface area contributed by atoms with Gasteiger partial charge in [-0.2, -0.15) is 0 Å². The van der Waals surface area contributed by atoms with E-state index in [1.807, 2.05) is 0 Å². The zero-order valence-electron chi connectivity index (χ0n) is 5.75. The minimum absolute atomic E-state index is 0.0764. The summed E-state index contributed by atoms with van der Waals surface area (Å²) in [6.07, 6.45) is 2.72. The molecule has 0 fully saturated rings. The first-order valence-corrected chi connectivity index (χ1v) is 3.80. The summed E-state index contributed by atoms with van der Waals surface area (Å²) >= 11 is 1.05. The Morgan fingerprint density at radius 2 is 2.00 bits per heavy atom. The van der Waals surface area contributed by atoms with Gasteiger partial charge in [-0.05, 0) is 13.2 Å². The molecule has 1 N–H and O–H groups in total. The molecule has 0 bridgehead atoms. The molecule has 0 heterocycles. The fourth-order valence-corrected chi connectivity index (χ4v) is 0.851. The van der Waals surface area contributed by atoms with Crippen LogP contribution in [0.5, 0.6) is 0 Å². The van der Waals surface area contributed by atoms with Gasteiger partial charge in [-0.25, -0.2) is 4.79 Å². The van der Waals surface area contributed by atoms with Gasteiger partial charge < -0.3 is 5.11 Å². The fourth-order valence-electron chi connectivity index (χ4n) is 0.393. The van der Waals surface area contributed by atoms with Gasteiger partial charge >= 0.3 is 5.97 Å². The van der Waals surface area contributed by atoms with E-state index in [-0.39, 0.29) is 10.7 Å². The maximum atomic E-state index is 10.4. The van der Waals surface area contributed by atoms with E-state index in [2.05, 4.69) is 0 Å². The van der Waals surface area contributed by atoms with E-state index in [0.717, 1.165) is 17.8 Å². The maximum Gasteiger partial charge on any atom is 0.342 e. The normalized spacial score (nSPS) is 11.2. The third-order valence-electron chi connectivity index (χ3n) is 0.765. The number of carbonyl (C=O) groups is 2. The summed E-state index contributed by atoms with van der Waals surface area (Å²) in [6.45, 7) is 1.32. The predicted molar refractivity (Wildman–Crippen MR) is 39.9 cm³/mol. The van der Waals surface area contributed by atoms with Crippen LogP contribution in [0.4, 0.5) is 0 Å². The number of carboxylic acid groups (broad SMARTS) is 1. The molecular weight excluding hydrogens is 152 g/mol. The van der Waals surface area contributed by atoms with Crippen LogP contribution in [-0.2, 0) is 9.59 Å². The highest BCUT2D eigenvalue weighted by Gasteiger charge is 2.04. The lowest BCUT2D eigenvalue weighted by molar-refractivity contribution is -0.132. The van der Waals surface area contributed by atoms with E-state index in [0.29, 0.717) is 0 Å². The largest absolute Gasteiger partial charge is 0.477 e. The van der Waals surface area contributed by atoms with E-state index in [1.54, 1.807) is 6.26 Å². The first-order valence-electron chi connectivity index (χ1n) is 2.57. The van der Waals surface area contributed by atoms with Crippen LogP contribution >= 0.6 is 11.8 Å². The molecule has 0 aromatic rings. The molecule has 0 atom stereocenters. The molecule has 10 heavy (non-hydrogen) atoms. The molecule has 3 nitrogen and oxygen atoms in total. The summed E-state index contributed by atoms with van der Waals surface area (Å²) in [5.74, 6) is -1.30. The van der Waals surface area contributed by atoms with Crippen LogP contribution in [0.1, 0.15) is 6.92 Å². The van der Waals surface area contributed by atoms with E-state index in [1.165, 1.54) is 6.92 Å². The van der Waals surface area contributed by atoms with Crippen LogP contribution in [-0.4, -0.2) is 23.1 Å². The van der Waals surface area contributed by atoms with Crippen LogP contribution in [0.3, 0.4) is 0 Å². The lowest BCUT2D eigenvalue weighted by Crippen LogP contribution is -1.98. The fraction of sp³-hybridized carbons (Fsp3) is 0.333. The summed E-state index contributed by atoms with van der Waals surface area (Å²) in [5.41, 5.74) is 0. The van der Waals surface area contributed by atoms with Gasteiger partial charge in [-0.3, -0.25) is 4.79 Å². The summed E-state index contributed by atoms with van der Waals surface area (Å²) in [7, 11) is 0. The Morgan fingerprint density at radius 3 is 2.10 bits per heavy atom. The molecule has 0 aliphatic heterocycles. The van der Waals surface area contributed by atoms with Crippen LogP contribution in [0, 0.1) is 0 Å². The van der Waals surface area contributed by atoms with Crippen molar-refractivity contribution in [3.63, 3.8) is 0 Å². The highest BCUT2D eigenvalue weighted by molar-refractivity contribution is 8.03. The zero-order chi connectivity index (χ0) is 8.15. The number of carbonyl (C=O) groups excluding carboxylic acids is 1. The van der Waals surface area contributed by atoms with Gasteiger partial charge in [0.15, 0.2) is 5.78 Å². The molecule has 0 aliphatic rings. The minimum atomic E-state index is -1.05. The average molecular weight is 160 g/mol. The molecule has 0 radical (unpaired) electrons. The Bertz CT molecular complexity index is 183. The number of rotatable bonds is 3. The average Bonchev–Trinajstić information content (AvgIpc) is 1.81.